The van der Waals surface area contributed by atoms with Gasteiger partial charge in [0.1, 0.15) is 0 Å². The smallest absolute Gasteiger partial charge is 0.318 e. The van der Waals surface area contributed by atoms with Gasteiger partial charge in [-0.25, -0.2) is 0 Å². The Balaban J connectivity index is 1.94. The molecule has 0 radical (unpaired) electrons. The summed E-state index contributed by atoms with van der Waals surface area (Å²) in [6.45, 7) is 4.59. The number of methoxy groups -OCH3 is 2. The van der Waals surface area contributed by atoms with Gasteiger partial charge in [-0.05, 0) is 19.8 Å². The highest BCUT2D eigenvalue weighted by Crippen LogP contribution is 2.20. The van der Waals surface area contributed by atoms with E-state index in [1.54, 1.807) is 14.2 Å². The van der Waals surface area contributed by atoms with Gasteiger partial charge in [-0.1, -0.05) is 5.10 Å². The number of nitrogens with one attached hydrogen (secondary N) is 1. The van der Waals surface area contributed by atoms with Crippen LogP contribution in [-0.4, -0.2) is 56.3 Å². The molecule has 0 aromatic carbocycles. The fraction of sp³-hybridized carbons (Fsp3) is 0.846. The molecule has 1 heterocycles. The van der Waals surface area contributed by atoms with E-state index in [0.717, 1.165) is 0 Å². The molecule has 0 amide bonds. The summed E-state index contributed by atoms with van der Waals surface area (Å²) in [5.74, 6) is 0.624. The van der Waals surface area contributed by atoms with Crippen molar-refractivity contribution in [2.75, 3.05) is 38.9 Å². The number of hydrogen-bond donors (Lipinski definition) is 1. The van der Waals surface area contributed by atoms with Crippen molar-refractivity contribution >= 4 is 6.01 Å². The second-order valence-corrected chi connectivity index (χ2v) is 5.12. The molecular weight excluding hydrogens is 260 g/mol. The van der Waals surface area contributed by atoms with Gasteiger partial charge in [-0.2, -0.15) is 0 Å². The van der Waals surface area contributed by atoms with Crippen molar-refractivity contribution in [1.82, 2.24) is 15.5 Å². The molecule has 1 aromatic heterocycles. The molecule has 2 rings (SSSR count). The normalized spacial score (nSPS) is 16.4. The third kappa shape index (κ3) is 4.43. The fourth-order valence-electron chi connectivity index (χ4n) is 1.98. The van der Waals surface area contributed by atoms with Gasteiger partial charge in [0.15, 0.2) is 0 Å². The number of ether oxygens (including phenoxy) is 2. The monoisotopic (exact) mass is 284 g/mol. The lowest BCUT2D eigenvalue weighted by Crippen LogP contribution is -2.38. The minimum absolute atomic E-state index is 0.153. The maximum absolute atomic E-state index is 5.72. The van der Waals surface area contributed by atoms with E-state index in [9.17, 15) is 0 Å². The van der Waals surface area contributed by atoms with Gasteiger partial charge in [0, 0.05) is 26.8 Å². The summed E-state index contributed by atoms with van der Waals surface area (Å²) in [4.78, 5) is 2.01. The predicted octanol–water partition coefficient (Wildman–Crippen LogP) is 0.809. The number of rotatable bonds is 10. The molecule has 114 valence electrons. The van der Waals surface area contributed by atoms with Crippen LogP contribution in [0.3, 0.4) is 0 Å². The van der Waals surface area contributed by atoms with Gasteiger partial charge in [0.05, 0.1) is 25.8 Å². The van der Waals surface area contributed by atoms with E-state index in [2.05, 4.69) is 22.4 Å². The highest BCUT2D eigenvalue weighted by Gasteiger charge is 2.23. The third-order valence-electron chi connectivity index (χ3n) is 3.30. The standard InChI is InChI=1S/C13H24N4O3/c1-10(9-19-3)17(6-7-18-2)13-16-15-12(20-13)8-14-11-4-5-11/h10-11,14H,4-9H2,1-3H3. The average molecular weight is 284 g/mol. The summed E-state index contributed by atoms with van der Waals surface area (Å²) < 4.78 is 16.0. The molecule has 0 saturated heterocycles. The first-order chi connectivity index (χ1) is 9.74. The Hall–Kier alpha value is -1.18. The van der Waals surface area contributed by atoms with Crippen molar-refractivity contribution in [1.29, 1.82) is 0 Å². The molecule has 1 saturated carbocycles. The van der Waals surface area contributed by atoms with Crippen LogP contribution >= 0.6 is 0 Å². The molecule has 20 heavy (non-hydrogen) atoms. The van der Waals surface area contributed by atoms with E-state index >= 15 is 0 Å². The van der Waals surface area contributed by atoms with Gasteiger partial charge in [0.2, 0.25) is 5.89 Å². The van der Waals surface area contributed by atoms with Gasteiger partial charge in [0.25, 0.3) is 0 Å². The Labute approximate surface area is 119 Å². The molecule has 7 heteroatoms. The van der Waals surface area contributed by atoms with Crippen LogP contribution < -0.4 is 10.2 Å². The summed E-state index contributed by atoms with van der Waals surface area (Å²) in [7, 11) is 3.36. The Morgan fingerprint density at radius 1 is 1.35 bits per heavy atom. The minimum Gasteiger partial charge on any atom is -0.407 e. The molecule has 0 aliphatic heterocycles. The third-order valence-corrected chi connectivity index (χ3v) is 3.30. The minimum atomic E-state index is 0.153. The SMILES string of the molecule is COCCN(c1nnc(CNC2CC2)o1)C(C)COC. The second kappa shape index (κ2) is 7.56. The van der Waals surface area contributed by atoms with Gasteiger partial charge in [-0.3, -0.25) is 0 Å². The zero-order chi connectivity index (χ0) is 14.4. The van der Waals surface area contributed by atoms with Crippen molar-refractivity contribution < 1.29 is 13.9 Å². The van der Waals surface area contributed by atoms with Crippen LogP contribution in [0.25, 0.3) is 0 Å². The molecule has 1 unspecified atom stereocenters. The maximum atomic E-state index is 5.72. The van der Waals surface area contributed by atoms with E-state index in [1.807, 2.05) is 4.90 Å². The molecule has 1 atom stereocenters. The first-order valence-electron chi connectivity index (χ1n) is 7.05. The van der Waals surface area contributed by atoms with Gasteiger partial charge in [-0.15, -0.1) is 5.10 Å². The van der Waals surface area contributed by atoms with Crippen LogP contribution in [0.15, 0.2) is 4.42 Å². The first-order valence-corrected chi connectivity index (χ1v) is 7.05. The zero-order valence-electron chi connectivity index (χ0n) is 12.5. The summed E-state index contributed by atoms with van der Waals surface area (Å²) in [5.41, 5.74) is 0. The first kappa shape index (κ1) is 15.2. The largest absolute Gasteiger partial charge is 0.407 e. The van der Waals surface area contributed by atoms with Gasteiger partial charge >= 0.3 is 6.01 Å². The second-order valence-electron chi connectivity index (χ2n) is 5.12. The number of hydrogen-bond acceptors (Lipinski definition) is 7. The van der Waals surface area contributed by atoms with Crippen molar-refractivity contribution in [2.24, 2.45) is 0 Å². The molecular formula is C13H24N4O3. The van der Waals surface area contributed by atoms with E-state index in [-0.39, 0.29) is 6.04 Å². The lowest BCUT2D eigenvalue weighted by atomic mass is 10.3. The summed E-state index contributed by atoms with van der Waals surface area (Å²) in [6, 6.07) is 1.31. The molecule has 1 aromatic rings. The molecule has 7 nitrogen and oxygen atoms in total. The van der Waals surface area contributed by atoms with Crippen molar-refractivity contribution in [3.63, 3.8) is 0 Å². The number of anilines is 1. The van der Waals surface area contributed by atoms with E-state index in [1.165, 1.54) is 12.8 Å². The fourth-order valence-corrected chi connectivity index (χ4v) is 1.98. The molecule has 1 N–H and O–H groups in total. The zero-order valence-corrected chi connectivity index (χ0v) is 12.5. The Bertz CT molecular complexity index is 395. The predicted molar refractivity (Wildman–Crippen MR) is 74.7 cm³/mol. The Morgan fingerprint density at radius 3 is 2.80 bits per heavy atom. The lowest BCUT2D eigenvalue weighted by molar-refractivity contribution is 0.168. The van der Waals surface area contributed by atoms with Gasteiger partial charge < -0.3 is 24.1 Å². The topological polar surface area (TPSA) is 72.7 Å². The van der Waals surface area contributed by atoms with Crippen molar-refractivity contribution in [3.8, 4) is 0 Å². The molecule has 0 spiro atoms. The van der Waals surface area contributed by atoms with Crippen LogP contribution in [0, 0.1) is 0 Å². The summed E-state index contributed by atoms with van der Waals surface area (Å²) in [6.07, 6.45) is 2.48. The number of aromatic nitrogens is 2. The molecule has 0 bridgehead atoms. The molecule has 1 aliphatic rings. The number of nitrogens with zero attached hydrogens (tertiary/aromatic N) is 3. The lowest BCUT2D eigenvalue weighted by Gasteiger charge is -2.26. The highest BCUT2D eigenvalue weighted by atomic mass is 16.5. The van der Waals surface area contributed by atoms with Crippen LogP contribution in [0.5, 0.6) is 0 Å². The highest BCUT2D eigenvalue weighted by molar-refractivity contribution is 5.26. The van der Waals surface area contributed by atoms with E-state index < -0.39 is 0 Å². The Kier molecular flexibility index (Phi) is 5.75. The molecule has 1 aliphatic carbocycles. The quantitative estimate of drug-likeness (QED) is 0.681. The van der Waals surface area contributed by atoms with E-state index in [4.69, 9.17) is 13.9 Å². The summed E-state index contributed by atoms with van der Waals surface area (Å²) in [5, 5.41) is 11.6. The van der Waals surface area contributed by atoms with Crippen molar-refractivity contribution in [2.45, 2.75) is 38.4 Å². The average Bonchev–Trinajstić information content (AvgIpc) is 3.16. The van der Waals surface area contributed by atoms with Crippen molar-refractivity contribution in [3.05, 3.63) is 5.89 Å². The van der Waals surface area contributed by atoms with Crippen LogP contribution in [0.1, 0.15) is 25.7 Å². The van der Waals surface area contributed by atoms with Crippen LogP contribution in [0.4, 0.5) is 6.01 Å². The summed E-state index contributed by atoms with van der Waals surface area (Å²) >= 11 is 0. The molecule has 1 fully saturated rings. The van der Waals surface area contributed by atoms with E-state index in [0.29, 0.717) is 44.3 Å². The maximum Gasteiger partial charge on any atom is 0.318 e. The van der Waals surface area contributed by atoms with Crippen LogP contribution in [0.2, 0.25) is 0 Å². The Morgan fingerprint density at radius 2 is 2.15 bits per heavy atom. The van der Waals surface area contributed by atoms with Crippen LogP contribution in [-0.2, 0) is 16.0 Å².